The van der Waals surface area contributed by atoms with Crippen molar-refractivity contribution in [2.24, 2.45) is 0 Å². The smallest absolute Gasteiger partial charge is 0.329 e. The first-order chi connectivity index (χ1) is 11.9. The number of Topliss-reactive ketones (excluding diaryl/α,β-unsaturated/α-hetero) is 1. The van der Waals surface area contributed by atoms with Crippen LogP contribution in [0.2, 0.25) is 0 Å². The number of carbonyl (C=O) groups is 2. The third-order valence-corrected chi connectivity index (χ3v) is 4.14. The van der Waals surface area contributed by atoms with Crippen molar-refractivity contribution in [3.8, 4) is 11.5 Å². The molecule has 0 aliphatic carbocycles. The van der Waals surface area contributed by atoms with Gasteiger partial charge in [0.2, 0.25) is 5.78 Å². The maximum atomic E-state index is 12.7. The van der Waals surface area contributed by atoms with Gasteiger partial charge in [-0.25, -0.2) is 0 Å². The molecule has 0 saturated carbocycles. The van der Waals surface area contributed by atoms with E-state index in [4.69, 9.17) is 21.1 Å². The fourth-order valence-electron chi connectivity index (χ4n) is 2.62. The average Bonchev–Trinajstić information content (AvgIpc) is 2.86. The van der Waals surface area contributed by atoms with Crippen LogP contribution in [0.4, 0.5) is 0 Å². The van der Waals surface area contributed by atoms with Crippen molar-refractivity contribution in [2.75, 3.05) is 0 Å². The number of carbonyl (C=O) groups excluding carboxylic acids is 2. The van der Waals surface area contributed by atoms with E-state index in [0.29, 0.717) is 22.6 Å². The first-order valence-electron chi connectivity index (χ1n) is 7.87. The summed E-state index contributed by atoms with van der Waals surface area (Å²) in [5, 5.41) is -0.757. The molecule has 0 radical (unpaired) electrons. The number of ether oxygens (including phenoxy) is 2. The monoisotopic (exact) mass is 356 g/mol. The Morgan fingerprint density at radius 2 is 1.92 bits per heavy atom. The Morgan fingerprint density at radius 3 is 2.60 bits per heavy atom. The van der Waals surface area contributed by atoms with Crippen molar-refractivity contribution >= 4 is 29.4 Å². The Labute approximate surface area is 151 Å². The minimum absolute atomic E-state index is 0.181. The van der Waals surface area contributed by atoms with E-state index in [2.05, 4.69) is 0 Å². The Hall–Kier alpha value is -2.59. The molecule has 1 unspecified atom stereocenters. The standard InChI is InChI=1S/C20H17ClO4/c1-11-6-4-5-7-14(11)9-17-19(22)18-12(2)8-15(10-16(18)25-17)24-20(23)13(3)21/h4-10,13H,1-3H3/b17-9-. The lowest BCUT2D eigenvalue weighted by molar-refractivity contribution is -0.133. The molecule has 2 aromatic rings. The van der Waals surface area contributed by atoms with Gasteiger partial charge in [0.1, 0.15) is 16.9 Å². The minimum Gasteiger partial charge on any atom is -0.452 e. The van der Waals surface area contributed by atoms with E-state index in [1.807, 2.05) is 31.2 Å². The summed E-state index contributed by atoms with van der Waals surface area (Å²) in [6.45, 7) is 5.28. The predicted octanol–water partition coefficient (Wildman–Crippen LogP) is 4.45. The Morgan fingerprint density at radius 1 is 1.20 bits per heavy atom. The summed E-state index contributed by atoms with van der Waals surface area (Å²) in [6.07, 6.45) is 1.73. The molecule has 0 fully saturated rings. The van der Waals surface area contributed by atoms with Crippen LogP contribution in [0.1, 0.15) is 34.0 Å². The summed E-state index contributed by atoms with van der Waals surface area (Å²) in [4.78, 5) is 24.3. The molecule has 1 heterocycles. The molecule has 0 saturated heterocycles. The number of halogens is 1. The van der Waals surface area contributed by atoms with E-state index < -0.39 is 11.3 Å². The van der Waals surface area contributed by atoms with Crippen LogP contribution >= 0.6 is 11.6 Å². The number of ketones is 1. The van der Waals surface area contributed by atoms with Gasteiger partial charge in [0.25, 0.3) is 0 Å². The zero-order valence-corrected chi connectivity index (χ0v) is 14.9. The van der Waals surface area contributed by atoms with Gasteiger partial charge in [0.15, 0.2) is 5.76 Å². The van der Waals surface area contributed by atoms with E-state index in [-0.39, 0.29) is 11.5 Å². The number of aryl methyl sites for hydroxylation is 2. The molecule has 0 amide bonds. The maximum absolute atomic E-state index is 12.7. The number of esters is 1. The molecule has 128 valence electrons. The predicted molar refractivity (Wildman–Crippen MR) is 96.2 cm³/mol. The van der Waals surface area contributed by atoms with Gasteiger partial charge in [0.05, 0.1) is 5.56 Å². The van der Waals surface area contributed by atoms with Gasteiger partial charge in [-0.3, -0.25) is 9.59 Å². The zero-order valence-electron chi connectivity index (χ0n) is 14.1. The quantitative estimate of drug-likeness (QED) is 0.353. The normalized spacial score (nSPS) is 15.7. The van der Waals surface area contributed by atoms with Gasteiger partial charge in [-0.15, -0.1) is 11.6 Å². The van der Waals surface area contributed by atoms with E-state index in [0.717, 1.165) is 11.1 Å². The van der Waals surface area contributed by atoms with Crippen LogP contribution in [-0.2, 0) is 4.79 Å². The third-order valence-electron chi connectivity index (χ3n) is 3.96. The number of fused-ring (bicyclic) bond motifs is 1. The van der Waals surface area contributed by atoms with Crippen LogP contribution < -0.4 is 9.47 Å². The highest BCUT2D eigenvalue weighted by molar-refractivity contribution is 6.29. The van der Waals surface area contributed by atoms with Gasteiger partial charge in [-0.05, 0) is 49.6 Å². The number of benzene rings is 2. The van der Waals surface area contributed by atoms with Crippen LogP contribution in [0.25, 0.3) is 6.08 Å². The second kappa shape index (κ2) is 6.73. The SMILES string of the molecule is Cc1ccccc1/C=C1\Oc2cc(OC(=O)C(C)Cl)cc(C)c2C1=O. The summed E-state index contributed by atoms with van der Waals surface area (Å²) < 4.78 is 10.9. The summed E-state index contributed by atoms with van der Waals surface area (Å²) in [7, 11) is 0. The van der Waals surface area contributed by atoms with Gasteiger partial charge in [0, 0.05) is 6.07 Å². The third kappa shape index (κ3) is 3.44. The fourth-order valence-corrected chi connectivity index (χ4v) is 2.67. The molecule has 0 bridgehead atoms. The highest BCUT2D eigenvalue weighted by atomic mass is 35.5. The molecule has 0 spiro atoms. The van der Waals surface area contributed by atoms with E-state index in [1.165, 1.54) is 13.0 Å². The summed E-state index contributed by atoms with van der Waals surface area (Å²) in [5.74, 6) is 0.204. The maximum Gasteiger partial charge on any atom is 0.329 e. The van der Waals surface area contributed by atoms with Gasteiger partial charge < -0.3 is 9.47 Å². The van der Waals surface area contributed by atoms with Crippen LogP contribution in [0.5, 0.6) is 11.5 Å². The van der Waals surface area contributed by atoms with Crippen LogP contribution in [-0.4, -0.2) is 17.1 Å². The first-order valence-corrected chi connectivity index (χ1v) is 8.30. The van der Waals surface area contributed by atoms with Gasteiger partial charge in [-0.2, -0.15) is 0 Å². The molecule has 1 aliphatic heterocycles. The summed E-state index contributed by atoms with van der Waals surface area (Å²) in [5.41, 5.74) is 3.13. The van der Waals surface area contributed by atoms with E-state index in [9.17, 15) is 9.59 Å². The second-order valence-corrected chi connectivity index (χ2v) is 6.60. The van der Waals surface area contributed by atoms with Crippen molar-refractivity contribution in [3.05, 3.63) is 64.4 Å². The molecular weight excluding hydrogens is 340 g/mol. The summed E-state index contributed by atoms with van der Waals surface area (Å²) >= 11 is 5.72. The highest BCUT2D eigenvalue weighted by Gasteiger charge is 2.30. The van der Waals surface area contributed by atoms with Crippen LogP contribution in [0.15, 0.2) is 42.2 Å². The number of rotatable bonds is 3. The number of allylic oxidation sites excluding steroid dienone is 1. The molecule has 4 nitrogen and oxygen atoms in total. The minimum atomic E-state index is -0.757. The molecule has 25 heavy (non-hydrogen) atoms. The van der Waals surface area contributed by atoms with Crippen molar-refractivity contribution in [2.45, 2.75) is 26.1 Å². The van der Waals surface area contributed by atoms with Crippen LogP contribution in [0.3, 0.4) is 0 Å². The molecule has 1 atom stereocenters. The zero-order chi connectivity index (χ0) is 18.1. The van der Waals surface area contributed by atoms with Crippen LogP contribution in [0, 0.1) is 13.8 Å². The summed E-state index contributed by atoms with van der Waals surface area (Å²) in [6, 6.07) is 10.9. The Bertz CT molecular complexity index is 897. The Kier molecular flexibility index (Phi) is 4.64. The van der Waals surface area contributed by atoms with E-state index >= 15 is 0 Å². The topological polar surface area (TPSA) is 52.6 Å². The number of alkyl halides is 1. The first kappa shape index (κ1) is 17.2. The lowest BCUT2D eigenvalue weighted by atomic mass is 10.0. The van der Waals surface area contributed by atoms with Gasteiger partial charge in [-0.1, -0.05) is 24.3 Å². The molecular formula is C20H17ClO4. The average molecular weight is 357 g/mol. The number of hydrogen-bond donors (Lipinski definition) is 0. The largest absolute Gasteiger partial charge is 0.452 e. The highest BCUT2D eigenvalue weighted by Crippen LogP contribution is 2.37. The Balaban J connectivity index is 1.95. The van der Waals surface area contributed by atoms with Crippen molar-refractivity contribution < 1.29 is 19.1 Å². The lowest BCUT2D eigenvalue weighted by Crippen LogP contribution is -2.17. The van der Waals surface area contributed by atoms with Crippen molar-refractivity contribution in [1.82, 2.24) is 0 Å². The molecule has 3 rings (SSSR count). The molecule has 0 N–H and O–H groups in total. The lowest BCUT2D eigenvalue weighted by Gasteiger charge is -2.08. The number of hydrogen-bond acceptors (Lipinski definition) is 4. The van der Waals surface area contributed by atoms with Crippen molar-refractivity contribution in [1.29, 1.82) is 0 Å². The molecule has 5 heteroatoms. The van der Waals surface area contributed by atoms with E-state index in [1.54, 1.807) is 19.1 Å². The molecule has 0 aromatic heterocycles. The van der Waals surface area contributed by atoms with Gasteiger partial charge >= 0.3 is 5.97 Å². The molecule has 2 aromatic carbocycles. The molecule has 1 aliphatic rings. The fraction of sp³-hybridized carbons (Fsp3) is 0.200. The second-order valence-electron chi connectivity index (χ2n) is 5.95. The van der Waals surface area contributed by atoms with Crippen molar-refractivity contribution in [3.63, 3.8) is 0 Å².